The van der Waals surface area contributed by atoms with Crippen LogP contribution in [0.4, 0.5) is 0 Å². The highest BCUT2D eigenvalue weighted by atomic mass is 16.5. The van der Waals surface area contributed by atoms with E-state index in [1.54, 1.807) is 0 Å². The third kappa shape index (κ3) is 4.97. The summed E-state index contributed by atoms with van der Waals surface area (Å²) in [5.41, 5.74) is 4.08. The van der Waals surface area contributed by atoms with E-state index in [0.717, 1.165) is 74.0 Å². The molecule has 1 aliphatic heterocycles. The number of aromatic nitrogens is 2. The number of amides is 1. The molecule has 0 atom stereocenters. The van der Waals surface area contributed by atoms with Crippen molar-refractivity contribution in [2.75, 3.05) is 39.5 Å². The van der Waals surface area contributed by atoms with Crippen LogP contribution in [0.25, 0.3) is 5.57 Å². The van der Waals surface area contributed by atoms with Gasteiger partial charge >= 0.3 is 0 Å². The number of hydrogen-bond donors (Lipinski definition) is 1. The molecule has 2 aliphatic carbocycles. The van der Waals surface area contributed by atoms with Crippen molar-refractivity contribution in [3.63, 3.8) is 0 Å². The molecule has 1 saturated heterocycles. The second-order valence-electron chi connectivity index (χ2n) is 7.91. The summed E-state index contributed by atoms with van der Waals surface area (Å²) in [4.78, 5) is 14.5. The maximum Gasteiger partial charge on any atom is 0.227 e. The summed E-state index contributed by atoms with van der Waals surface area (Å²) in [6.07, 6.45) is 10.6. The fourth-order valence-electron chi connectivity index (χ4n) is 3.73. The molecule has 7 nitrogen and oxygen atoms in total. The van der Waals surface area contributed by atoms with Gasteiger partial charge in [0.05, 0.1) is 25.1 Å². The number of hydrogen-bond acceptors (Lipinski definition) is 5. The molecular formula is C22H30N4O3. The van der Waals surface area contributed by atoms with Gasteiger partial charge in [0, 0.05) is 50.3 Å². The first-order chi connectivity index (χ1) is 14.1. The lowest BCUT2D eigenvalue weighted by Gasteiger charge is -2.26. The summed E-state index contributed by atoms with van der Waals surface area (Å²) < 4.78 is 13.5. The standard InChI is InChI=1S/C22H30N4O3/c1-16-15-23-25(2)21(16)19-7-5-18(24-22(27)17-3-4-17)6-8-20(19)29-14-11-26-9-12-28-13-10-26/h6-8,15,17H,3-5,9-14H2,1-2H3,(H,24,27). The summed E-state index contributed by atoms with van der Waals surface area (Å²) in [5.74, 6) is 1.14. The van der Waals surface area contributed by atoms with E-state index in [1.807, 2.05) is 30.1 Å². The topological polar surface area (TPSA) is 68.6 Å². The number of rotatable bonds is 7. The van der Waals surface area contributed by atoms with Gasteiger partial charge in [-0.2, -0.15) is 5.10 Å². The number of carbonyl (C=O) groups excluding carboxylic acids is 1. The fraction of sp³-hybridized carbons (Fsp3) is 0.545. The molecule has 4 rings (SSSR count). The maximum atomic E-state index is 12.2. The third-order valence-corrected chi connectivity index (χ3v) is 5.60. The number of ether oxygens (including phenoxy) is 2. The van der Waals surface area contributed by atoms with E-state index in [2.05, 4.69) is 28.3 Å². The Morgan fingerprint density at radius 3 is 2.79 bits per heavy atom. The monoisotopic (exact) mass is 398 g/mol. The Morgan fingerprint density at radius 2 is 2.10 bits per heavy atom. The summed E-state index contributed by atoms with van der Waals surface area (Å²) in [6.45, 7) is 7.00. The minimum absolute atomic E-state index is 0.132. The van der Waals surface area contributed by atoms with Crippen LogP contribution in [0.3, 0.4) is 0 Å². The minimum atomic E-state index is 0.132. The van der Waals surface area contributed by atoms with Gasteiger partial charge in [0.25, 0.3) is 0 Å². The second kappa shape index (κ2) is 8.97. The van der Waals surface area contributed by atoms with E-state index < -0.39 is 0 Å². The van der Waals surface area contributed by atoms with E-state index in [-0.39, 0.29) is 11.8 Å². The first-order valence-corrected chi connectivity index (χ1v) is 10.5. The highest BCUT2D eigenvalue weighted by Gasteiger charge is 2.30. The van der Waals surface area contributed by atoms with Crippen molar-refractivity contribution in [3.8, 4) is 0 Å². The Labute approximate surface area is 172 Å². The van der Waals surface area contributed by atoms with Crippen molar-refractivity contribution in [1.29, 1.82) is 0 Å². The van der Waals surface area contributed by atoms with Crippen LogP contribution < -0.4 is 5.32 Å². The van der Waals surface area contributed by atoms with Crippen LogP contribution in [-0.4, -0.2) is 60.0 Å². The molecule has 0 spiro atoms. The Morgan fingerprint density at radius 1 is 1.31 bits per heavy atom. The normalized spacial score (nSPS) is 20.4. The number of nitrogens with zero attached hydrogens (tertiary/aromatic N) is 3. The Balaban J connectivity index is 1.49. The van der Waals surface area contributed by atoms with E-state index in [4.69, 9.17) is 9.47 Å². The lowest BCUT2D eigenvalue weighted by molar-refractivity contribution is -0.121. The van der Waals surface area contributed by atoms with Crippen LogP contribution in [0, 0.1) is 12.8 Å². The zero-order chi connectivity index (χ0) is 20.2. The van der Waals surface area contributed by atoms with Crippen LogP contribution in [0.5, 0.6) is 0 Å². The molecule has 0 bridgehead atoms. The average Bonchev–Trinajstić information content (AvgIpc) is 3.54. The summed E-state index contributed by atoms with van der Waals surface area (Å²) in [5, 5.41) is 7.47. The number of carbonyl (C=O) groups is 1. The van der Waals surface area contributed by atoms with Gasteiger partial charge in [0.1, 0.15) is 12.4 Å². The van der Waals surface area contributed by atoms with Crippen LogP contribution in [0.15, 0.2) is 35.9 Å². The predicted octanol–water partition coefficient (Wildman–Crippen LogP) is 2.16. The van der Waals surface area contributed by atoms with Crippen LogP contribution in [0.2, 0.25) is 0 Å². The Bertz CT molecular complexity index is 823. The van der Waals surface area contributed by atoms with Gasteiger partial charge < -0.3 is 14.8 Å². The maximum absolute atomic E-state index is 12.2. The highest BCUT2D eigenvalue weighted by molar-refractivity contribution is 5.83. The lowest BCUT2D eigenvalue weighted by atomic mass is 10.1. The van der Waals surface area contributed by atoms with E-state index in [9.17, 15) is 4.79 Å². The number of nitrogens with one attached hydrogen (secondary N) is 1. The molecule has 1 aromatic rings. The van der Waals surface area contributed by atoms with Gasteiger partial charge in [0.2, 0.25) is 5.91 Å². The molecule has 7 heteroatoms. The first-order valence-electron chi connectivity index (χ1n) is 10.5. The van der Waals surface area contributed by atoms with Crippen LogP contribution in [0.1, 0.15) is 30.5 Å². The molecule has 0 aromatic carbocycles. The molecule has 1 aromatic heterocycles. The lowest BCUT2D eigenvalue weighted by Crippen LogP contribution is -2.38. The van der Waals surface area contributed by atoms with Crippen molar-refractivity contribution >= 4 is 11.5 Å². The molecule has 0 unspecified atom stereocenters. The van der Waals surface area contributed by atoms with Gasteiger partial charge in [-0.1, -0.05) is 6.08 Å². The summed E-state index contributed by atoms with van der Waals surface area (Å²) >= 11 is 0. The van der Waals surface area contributed by atoms with Gasteiger partial charge in [0.15, 0.2) is 0 Å². The second-order valence-corrected chi connectivity index (χ2v) is 7.91. The largest absolute Gasteiger partial charge is 0.492 e. The zero-order valence-electron chi connectivity index (χ0n) is 17.3. The zero-order valence-corrected chi connectivity index (χ0v) is 17.3. The highest BCUT2D eigenvalue weighted by Crippen LogP contribution is 2.31. The molecule has 1 N–H and O–H groups in total. The van der Waals surface area contributed by atoms with Crippen molar-refractivity contribution in [3.05, 3.63) is 47.1 Å². The SMILES string of the molecule is Cc1cnn(C)c1C1=CCC(NC(=O)C2CC2)=CC=C1OCCN1CCOCC1. The molecule has 3 aliphatic rings. The van der Waals surface area contributed by atoms with E-state index in [0.29, 0.717) is 13.0 Å². The molecule has 1 saturated carbocycles. The molecule has 1 amide bonds. The van der Waals surface area contributed by atoms with E-state index >= 15 is 0 Å². The van der Waals surface area contributed by atoms with Crippen molar-refractivity contribution in [2.24, 2.45) is 13.0 Å². The minimum Gasteiger partial charge on any atom is -0.492 e. The molecule has 156 valence electrons. The van der Waals surface area contributed by atoms with Crippen LogP contribution >= 0.6 is 0 Å². The quantitative estimate of drug-likeness (QED) is 0.762. The van der Waals surface area contributed by atoms with Gasteiger partial charge in [-0.3, -0.25) is 14.4 Å². The Kier molecular flexibility index (Phi) is 6.16. The van der Waals surface area contributed by atoms with Gasteiger partial charge in [-0.15, -0.1) is 0 Å². The number of allylic oxidation sites excluding steroid dienone is 4. The Hall–Kier alpha value is -2.38. The molecular weight excluding hydrogens is 368 g/mol. The van der Waals surface area contributed by atoms with Crippen LogP contribution in [-0.2, 0) is 21.3 Å². The molecule has 0 radical (unpaired) electrons. The average molecular weight is 399 g/mol. The molecule has 29 heavy (non-hydrogen) atoms. The third-order valence-electron chi connectivity index (χ3n) is 5.60. The van der Waals surface area contributed by atoms with Gasteiger partial charge in [-0.05, 0) is 37.5 Å². The number of morpholine rings is 1. The van der Waals surface area contributed by atoms with Crippen molar-refractivity contribution < 1.29 is 14.3 Å². The van der Waals surface area contributed by atoms with E-state index in [1.165, 1.54) is 0 Å². The summed E-state index contributed by atoms with van der Waals surface area (Å²) in [6, 6.07) is 0. The fourth-order valence-corrected chi connectivity index (χ4v) is 3.73. The number of aryl methyl sites for hydroxylation is 2. The first kappa shape index (κ1) is 19.9. The molecule has 2 fully saturated rings. The predicted molar refractivity (Wildman–Crippen MR) is 111 cm³/mol. The van der Waals surface area contributed by atoms with Crippen molar-refractivity contribution in [1.82, 2.24) is 20.0 Å². The van der Waals surface area contributed by atoms with Gasteiger partial charge in [-0.25, -0.2) is 0 Å². The smallest absolute Gasteiger partial charge is 0.227 e. The van der Waals surface area contributed by atoms with Crippen molar-refractivity contribution in [2.45, 2.75) is 26.2 Å². The summed E-state index contributed by atoms with van der Waals surface area (Å²) in [7, 11) is 1.95. The molecule has 2 heterocycles.